The summed E-state index contributed by atoms with van der Waals surface area (Å²) in [4.78, 5) is 23.5. The molecule has 0 fully saturated rings. The number of nitrogens with two attached hydrogens (primary N) is 1. The molecule has 1 aliphatic rings. The van der Waals surface area contributed by atoms with Crippen molar-refractivity contribution in [3.05, 3.63) is 34.9 Å². The fraction of sp³-hybridized carbons (Fsp3) is 0.385. The van der Waals surface area contributed by atoms with Crippen LogP contribution in [0, 0.1) is 0 Å². The number of nitrogen functional groups attached to an aromatic ring is 1. The van der Waals surface area contributed by atoms with Crippen LogP contribution in [0.1, 0.15) is 21.5 Å². The van der Waals surface area contributed by atoms with Crippen LogP contribution in [0.15, 0.2) is 18.2 Å². The number of hydrogen-bond donors (Lipinski definition) is 2. The van der Waals surface area contributed by atoms with Crippen LogP contribution < -0.4 is 11.3 Å². The van der Waals surface area contributed by atoms with Crippen molar-refractivity contribution in [3.8, 4) is 0 Å². The average Bonchev–Trinajstić information content (AvgIpc) is 2.66. The Labute approximate surface area is 118 Å². The zero-order chi connectivity index (χ0) is 15.6. The van der Waals surface area contributed by atoms with Gasteiger partial charge in [-0.25, -0.2) is 5.84 Å². The van der Waals surface area contributed by atoms with E-state index in [0.717, 1.165) is 16.0 Å². The molecule has 8 heteroatoms. The number of alkyl halides is 3. The van der Waals surface area contributed by atoms with Gasteiger partial charge in [0.15, 0.2) is 0 Å². The molecule has 114 valence electrons. The molecule has 5 nitrogen and oxygen atoms in total. The number of rotatable bonds is 1. The summed E-state index contributed by atoms with van der Waals surface area (Å²) in [6.45, 7) is -0.0210. The number of carbonyl (C=O) groups is 2. The first kappa shape index (κ1) is 15.3. The third kappa shape index (κ3) is 3.33. The Morgan fingerprint density at radius 2 is 1.76 bits per heavy atom. The molecular weight excluding hydrogens is 287 g/mol. The number of hydrazine groups is 1. The summed E-state index contributed by atoms with van der Waals surface area (Å²) >= 11 is 0. The molecule has 0 saturated heterocycles. The molecule has 1 aromatic rings. The second-order valence-corrected chi connectivity index (χ2v) is 4.75. The summed E-state index contributed by atoms with van der Waals surface area (Å²) in [5.74, 6) is 2.75. The predicted molar refractivity (Wildman–Crippen MR) is 68.1 cm³/mol. The van der Waals surface area contributed by atoms with Crippen LogP contribution >= 0.6 is 0 Å². The minimum absolute atomic E-state index is 0.00771. The highest BCUT2D eigenvalue weighted by Gasteiger charge is 2.42. The Morgan fingerprint density at radius 3 is 2.33 bits per heavy atom. The molecule has 0 unspecified atom stereocenters. The minimum Gasteiger partial charge on any atom is -0.334 e. The third-order valence-corrected chi connectivity index (χ3v) is 3.43. The number of fused-ring (bicyclic) bond motifs is 1. The van der Waals surface area contributed by atoms with Crippen LogP contribution in [0.4, 0.5) is 13.2 Å². The fourth-order valence-corrected chi connectivity index (χ4v) is 2.33. The molecule has 21 heavy (non-hydrogen) atoms. The molecule has 1 aliphatic heterocycles. The molecule has 1 heterocycles. The first-order valence-corrected chi connectivity index (χ1v) is 6.32. The SMILES string of the molecule is NNC(=O)c1ccc2c(c1)CCN(C(=O)C(F)(F)F)CC2. The van der Waals surface area contributed by atoms with Crippen molar-refractivity contribution >= 4 is 11.8 Å². The molecule has 0 bridgehead atoms. The van der Waals surface area contributed by atoms with E-state index in [2.05, 4.69) is 0 Å². The number of nitrogens with zero attached hydrogens (tertiary/aromatic N) is 1. The van der Waals surface area contributed by atoms with Crippen LogP contribution in [-0.2, 0) is 17.6 Å². The van der Waals surface area contributed by atoms with Gasteiger partial charge in [0.05, 0.1) is 0 Å². The molecule has 2 rings (SSSR count). The number of nitrogens with one attached hydrogen (secondary N) is 1. The lowest BCUT2D eigenvalue weighted by atomic mass is 10.00. The standard InChI is InChI=1S/C13H14F3N3O2/c14-13(15,16)12(21)19-5-3-8-1-2-10(11(20)18-17)7-9(8)4-6-19/h1-2,7H,3-6,17H2,(H,18,20). The van der Waals surface area contributed by atoms with Crippen molar-refractivity contribution in [1.82, 2.24) is 10.3 Å². The Morgan fingerprint density at radius 1 is 1.14 bits per heavy atom. The normalized spacial score (nSPS) is 15.1. The maximum Gasteiger partial charge on any atom is 0.471 e. The molecule has 2 amide bonds. The number of halogens is 3. The highest BCUT2D eigenvalue weighted by molar-refractivity contribution is 5.94. The average molecular weight is 301 g/mol. The predicted octanol–water partition coefficient (Wildman–Crippen LogP) is 0.780. The lowest BCUT2D eigenvalue weighted by molar-refractivity contribution is -0.185. The van der Waals surface area contributed by atoms with Crippen molar-refractivity contribution in [3.63, 3.8) is 0 Å². The number of amides is 2. The second kappa shape index (κ2) is 5.72. The van der Waals surface area contributed by atoms with Crippen molar-refractivity contribution in [2.24, 2.45) is 5.84 Å². The van der Waals surface area contributed by atoms with Gasteiger partial charge in [-0.05, 0) is 36.1 Å². The van der Waals surface area contributed by atoms with Gasteiger partial charge in [0, 0.05) is 18.7 Å². The summed E-state index contributed by atoms with van der Waals surface area (Å²) in [5, 5.41) is 0. The van der Waals surface area contributed by atoms with E-state index in [1.54, 1.807) is 18.2 Å². The van der Waals surface area contributed by atoms with Crippen LogP contribution in [0.2, 0.25) is 0 Å². The zero-order valence-electron chi connectivity index (χ0n) is 11.0. The quantitative estimate of drug-likeness (QED) is 0.457. The van der Waals surface area contributed by atoms with Crippen LogP contribution in [-0.4, -0.2) is 36.0 Å². The first-order valence-electron chi connectivity index (χ1n) is 6.32. The minimum atomic E-state index is -4.86. The van der Waals surface area contributed by atoms with Gasteiger partial charge in [-0.1, -0.05) is 6.07 Å². The van der Waals surface area contributed by atoms with Crippen LogP contribution in [0.25, 0.3) is 0 Å². The Kier molecular flexibility index (Phi) is 4.17. The molecule has 0 aliphatic carbocycles. The van der Waals surface area contributed by atoms with E-state index in [4.69, 9.17) is 5.84 Å². The van der Waals surface area contributed by atoms with Gasteiger partial charge in [0.2, 0.25) is 0 Å². The van der Waals surface area contributed by atoms with Gasteiger partial charge < -0.3 is 4.90 Å². The second-order valence-electron chi connectivity index (χ2n) is 4.75. The molecule has 0 saturated carbocycles. The van der Waals surface area contributed by atoms with Crippen molar-refractivity contribution in [2.45, 2.75) is 19.0 Å². The van der Waals surface area contributed by atoms with E-state index in [0.29, 0.717) is 12.0 Å². The topological polar surface area (TPSA) is 75.4 Å². The molecule has 0 radical (unpaired) electrons. The number of hydrogen-bond acceptors (Lipinski definition) is 3. The Balaban J connectivity index is 2.18. The van der Waals surface area contributed by atoms with Gasteiger partial charge in [-0.3, -0.25) is 15.0 Å². The van der Waals surface area contributed by atoms with Crippen molar-refractivity contribution in [1.29, 1.82) is 0 Å². The van der Waals surface area contributed by atoms with Crippen molar-refractivity contribution in [2.75, 3.05) is 13.1 Å². The summed E-state index contributed by atoms with van der Waals surface area (Å²) in [5.41, 5.74) is 3.93. The summed E-state index contributed by atoms with van der Waals surface area (Å²) < 4.78 is 37.4. The van der Waals surface area contributed by atoms with Gasteiger partial charge in [0.1, 0.15) is 0 Å². The zero-order valence-corrected chi connectivity index (χ0v) is 11.0. The summed E-state index contributed by atoms with van der Waals surface area (Å²) in [6, 6.07) is 4.84. The molecule has 0 atom stereocenters. The van der Waals surface area contributed by atoms with E-state index < -0.39 is 18.0 Å². The highest BCUT2D eigenvalue weighted by atomic mass is 19.4. The van der Waals surface area contributed by atoms with E-state index >= 15 is 0 Å². The molecule has 0 spiro atoms. The first-order chi connectivity index (χ1) is 9.82. The lowest BCUT2D eigenvalue weighted by Gasteiger charge is -2.21. The van der Waals surface area contributed by atoms with Crippen LogP contribution in [0.3, 0.4) is 0 Å². The molecule has 1 aromatic carbocycles. The molecular formula is C13H14F3N3O2. The van der Waals surface area contributed by atoms with Gasteiger partial charge in [0.25, 0.3) is 5.91 Å². The molecule has 0 aromatic heterocycles. The smallest absolute Gasteiger partial charge is 0.334 e. The van der Waals surface area contributed by atoms with Crippen molar-refractivity contribution < 1.29 is 22.8 Å². The van der Waals surface area contributed by atoms with Gasteiger partial charge in [-0.2, -0.15) is 13.2 Å². The number of carbonyl (C=O) groups excluding carboxylic acids is 2. The van der Waals surface area contributed by atoms with Gasteiger partial charge in [-0.15, -0.1) is 0 Å². The highest BCUT2D eigenvalue weighted by Crippen LogP contribution is 2.23. The van der Waals surface area contributed by atoms with E-state index in [-0.39, 0.29) is 19.5 Å². The maximum atomic E-state index is 12.5. The van der Waals surface area contributed by atoms with Gasteiger partial charge >= 0.3 is 12.1 Å². The summed E-state index contributed by atoms with van der Waals surface area (Å²) in [7, 11) is 0. The Hall–Kier alpha value is -2.09. The molecule has 3 N–H and O–H groups in total. The lowest BCUT2D eigenvalue weighted by Crippen LogP contribution is -2.42. The monoisotopic (exact) mass is 301 g/mol. The maximum absolute atomic E-state index is 12.5. The van der Waals surface area contributed by atoms with Crippen LogP contribution in [0.5, 0.6) is 0 Å². The largest absolute Gasteiger partial charge is 0.471 e. The number of benzene rings is 1. The fourth-order valence-electron chi connectivity index (χ4n) is 2.33. The Bertz CT molecular complexity index is 572. The summed E-state index contributed by atoms with van der Waals surface area (Å²) in [6.07, 6.45) is -4.27. The van der Waals surface area contributed by atoms with E-state index in [1.807, 2.05) is 5.43 Å². The third-order valence-electron chi connectivity index (χ3n) is 3.43. The van der Waals surface area contributed by atoms with E-state index in [9.17, 15) is 22.8 Å². The van der Waals surface area contributed by atoms with E-state index in [1.165, 1.54) is 0 Å².